The lowest BCUT2D eigenvalue weighted by molar-refractivity contribution is -0.137. The Balaban J connectivity index is 1.92. The standard InChI is InChI=1S/C18H18ClNO5/c19-12-5-4-6-13(9-12)25-14-10-16(22)18(20-11-14)15(21)7-2-1-3-8-17(23)24/h4-6,9-11,22H,1-3,7-8H2,(H,23,24). The van der Waals surface area contributed by atoms with Crippen LogP contribution in [0.4, 0.5) is 0 Å². The first-order valence-corrected chi connectivity index (χ1v) is 8.21. The van der Waals surface area contributed by atoms with E-state index in [1.165, 1.54) is 12.3 Å². The second-order valence-electron chi connectivity index (χ2n) is 5.48. The van der Waals surface area contributed by atoms with Gasteiger partial charge in [-0.15, -0.1) is 0 Å². The topological polar surface area (TPSA) is 96.7 Å². The van der Waals surface area contributed by atoms with Crippen LogP contribution in [0.1, 0.15) is 42.6 Å². The van der Waals surface area contributed by atoms with E-state index in [-0.39, 0.29) is 35.8 Å². The van der Waals surface area contributed by atoms with E-state index in [0.717, 1.165) is 0 Å². The molecule has 2 N–H and O–H groups in total. The van der Waals surface area contributed by atoms with Crippen LogP contribution in [0.2, 0.25) is 5.02 Å². The molecule has 0 aliphatic carbocycles. The van der Waals surface area contributed by atoms with Crippen molar-refractivity contribution in [3.63, 3.8) is 0 Å². The van der Waals surface area contributed by atoms with Crippen molar-refractivity contribution in [3.8, 4) is 17.2 Å². The molecule has 7 heteroatoms. The molecule has 0 spiro atoms. The number of carboxylic acid groups (broad SMARTS) is 1. The van der Waals surface area contributed by atoms with Crippen LogP contribution >= 0.6 is 11.6 Å². The number of nitrogens with zero attached hydrogens (tertiary/aromatic N) is 1. The minimum Gasteiger partial charge on any atom is -0.505 e. The van der Waals surface area contributed by atoms with Crippen LogP contribution in [0.5, 0.6) is 17.2 Å². The first kappa shape index (κ1) is 18.7. The molecule has 0 atom stereocenters. The maximum Gasteiger partial charge on any atom is 0.303 e. The van der Waals surface area contributed by atoms with Crippen molar-refractivity contribution in [2.45, 2.75) is 32.1 Å². The number of carbonyl (C=O) groups excluding carboxylic acids is 1. The average Bonchev–Trinajstić information content (AvgIpc) is 2.54. The molecule has 0 aliphatic rings. The summed E-state index contributed by atoms with van der Waals surface area (Å²) in [4.78, 5) is 26.5. The van der Waals surface area contributed by atoms with Gasteiger partial charge in [-0.3, -0.25) is 9.59 Å². The zero-order valence-electron chi connectivity index (χ0n) is 13.4. The number of pyridine rings is 1. The van der Waals surface area contributed by atoms with Gasteiger partial charge in [0.15, 0.2) is 5.78 Å². The summed E-state index contributed by atoms with van der Waals surface area (Å²) in [6.07, 6.45) is 3.36. The summed E-state index contributed by atoms with van der Waals surface area (Å²) in [5.74, 6) is -0.609. The lowest BCUT2D eigenvalue weighted by atomic mass is 10.1. The molecule has 0 radical (unpaired) electrons. The molecule has 132 valence electrons. The van der Waals surface area contributed by atoms with E-state index < -0.39 is 5.97 Å². The van der Waals surface area contributed by atoms with Crippen molar-refractivity contribution >= 4 is 23.4 Å². The monoisotopic (exact) mass is 363 g/mol. The summed E-state index contributed by atoms with van der Waals surface area (Å²) < 4.78 is 5.54. The third-order valence-electron chi connectivity index (χ3n) is 3.43. The molecule has 0 unspecified atom stereocenters. The summed E-state index contributed by atoms with van der Waals surface area (Å²) >= 11 is 5.88. The second kappa shape index (κ2) is 9.03. The van der Waals surface area contributed by atoms with Gasteiger partial charge in [0.05, 0.1) is 6.20 Å². The number of rotatable bonds is 9. The fraction of sp³-hybridized carbons (Fsp3) is 0.278. The molecule has 1 aromatic carbocycles. The highest BCUT2D eigenvalue weighted by atomic mass is 35.5. The fourth-order valence-electron chi connectivity index (χ4n) is 2.23. The number of carboxylic acids is 1. The number of hydrogen-bond donors (Lipinski definition) is 2. The number of unbranched alkanes of at least 4 members (excludes halogenated alkanes) is 2. The van der Waals surface area contributed by atoms with Crippen molar-refractivity contribution in [2.24, 2.45) is 0 Å². The Kier molecular flexibility index (Phi) is 6.77. The van der Waals surface area contributed by atoms with Crippen LogP contribution in [0.15, 0.2) is 36.5 Å². The number of hydrogen-bond acceptors (Lipinski definition) is 5. The average molecular weight is 364 g/mol. The number of aromatic hydroxyl groups is 1. The van der Waals surface area contributed by atoms with Crippen molar-refractivity contribution in [2.75, 3.05) is 0 Å². The first-order chi connectivity index (χ1) is 12.0. The van der Waals surface area contributed by atoms with Crippen molar-refractivity contribution in [1.82, 2.24) is 4.98 Å². The van der Waals surface area contributed by atoms with Crippen LogP contribution in [0.25, 0.3) is 0 Å². The molecule has 25 heavy (non-hydrogen) atoms. The zero-order valence-corrected chi connectivity index (χ0v) is 14.2. The summed E-state index contributed by atoms with van der Waals surface area (Å²) in [6.45, 7) is 0. The van der Waals surface area contributed by atoms with Crippen molar-refractivity contribution in [1.29, 1.82) is 0 Å². The van der Waals surface area contributed by atoms with Crippen LogP contribution in [-0.2, 0) is 4.79 Å². The number of halogens is 1. The van der Waals surface area contributed by atoms with Crippen molar-refractivity contribution < 1.29 is 24.5 Å². The van der Waals surface area contributed by atoms with E-state index >= 15 is 0 Å². The third kappa shape index (κ3) is 6.08. The molecule has 0 saturated heterocycles. The third-order valence-corrected chi connectivity index (χ3v) is 3.67. The molecule has 0 fully saturated rings. The van der Waals surface area contributed by atoms with Crippen LogP contribution in [0.3, 0.4) is 0 Å². The van der Waals surface area contributed by atoms with Gasteiger partial charge in [0.2, 0.25) is 0 Å². The molecule has 1 aromatic heterocycles. The molecular formula is C18H18ClNO5. The molecule has 6 nitrogen and oxygen atoms in total. The summed E-state index contributed by atoms with van der Waals surface area (Å²) in [5.41, 5.74) is -0.0170. The van der Waals surface area contributed by atoms with Gasteiger partial charge < -0.3 is 14.9 Å². The minimum absolute atomic E-state index is 0.0170. The van der Waals surface area contributed by atoms with Gasteiger partial charge in [0, 0.05) is 23.9 Å². The van der Waals surface area contributed by atoms with E-state index in [2.05, 4.69) is 4.98 Å². The number of aromatic nitrogens is 1. The van der Waals surface area contributed by atoms with Gasteiger partial charge in [-0.1, -0.05) is 24.1 Å². The number of aliphatic carboxylic acids is 1. The molecule has 0 aliphatic heterocycles. The molecule has 0 bridgehead atoms. The largest absolute Gasteiger partial charge is 0.505 e. The zero-order chi connectivity index (χ0) is 18.2. The maximum absolute atomic E-state index is 12.1. The predicted molar refractivity (Wildman–Crippen MR) is 92.5 cm³/mol. The molecule has 2 aromatic rings. The van der Waals surface area contributed by atoms with E-state index in [4.69, 9.17) is 21.4 Å². The lowest BCUT2D eigenvalue weighted by Gasteiger charge is -2.08. The van der Waals surface area contributed by atoms with E-state index in [1.54, 1.807) is 24.3 Å². The number of benzene rings is 1. The SMILES string of the molecule is O=C(O)CCCCCC(=O)c1ncc(Oc2cccc(Cl)c2)cc1O. The van der Waals surface area contributed by atoms with E-state index in [1.807, 2.05) is 0 Å². The Bertz CT molecular complexity index is 763. The highest BCUT2D eigenvalue weighted by Crippen LogP contribution is 2.28. The van der Waals surface area contributed by atoms with Crippen LogP contribution in [0, 0.1) is 0 Å². The lowest BCUT2D eigenvalue weighted by Crippen LogP contribution is -2.03. The number of ketones is 1. The quantitative estimate of drug-likeness (QED) is 0.504. The molecule has 0 saturated carbocycles. The van der Waals surface area contributed by atoms with Gasteiger partial charge >= 0.3 is 5.97 Å². The van der Waals surface area contributed by atoms with Crippen molar-refractivity contribution in [3.05, 3.63) is 47.2 Å². The summed E-state index contributed by atoms with van der Waals surface area (Å²) in [7, 11) is 0. The molecular weight excluding hydrogens is 346 g/mol. The maximum atomic E-state index is 12.1. The van der Waals surface area contributed by atoms with Crippen LogP contribution < -0.4 is 4.74 Å². The highest BCUT2D eigenvalue weighted by Gasteiger charge is 2.14. The van der Waals surface area contributed by atoms with Crippen LogP contribution in [-0.4, -0.2) is 26.9 Å². The Labute approximate surface area is 150 Å². The van der Waals surface area contributed by atoms with Gasteiger partial charge in [0.25, 0.3) is 0 Å². The smallest absolute Gasteiger partial charge is 0.303 e. The second-order valence-corrected chi connectivity index (χ2v) is 5.91. The van der Waals surface area contributed by atoms with E-state index in [0.29, 0.717) is 30.0 Å². The molecule has 1 heterocycles. The van der Waals surface area contributed by atoms with Gasteiger partial charge in [-0.05, 0) is 31.0 Å². The number of ether oxygens (including phenoxy) is 1. The van der Waals surface area contributed by atoms with E-state index in [9.17, 15) is 14.7 Å². The Morgan fingerprint density at radius 3 is 2.52 bits per heavy atom. The molecule has 0 amide bonds. The summed E-state index contributed by atoms with van der Waals surface area (Å²) in [5, 5.41) is 19.1. The Morgan fingerprint density at radius 1 is 1.08 bits per heavy atom. The summed E-state index contributed by atoms with van der Waals surface area (Å²) in [6, 6.07) is 8.09. The number of Topliss-reactive ketones (excluding diaryl/α,β-unsaturated/α-hetero) is 1. The van der Waals surface area contributed by atoms with Gasteiger partial charge in [0.1, 0.15) is 22.9 Å². The number of carbonyl (C=O) groups is 2. The Hall–Kier alpha value is -2.60. The predicted octanol–water partition coefficient (Wildman–Crippen LogP) is 4.45. The molecule has 2 rings (SSSR count). The Morgan fingerprint density at radius 2 is 1.84 bits per heavy atom. The normalized spacial score (nSPS) is 10.4. The van der Waals surface area contributed by atoms with Gasteiger partial charge in [-0.2, -0.15) is 0 Å². The highest BCUT2D eigenvalue weighted by molar-refractivity contribution is 6.30. The first-order valence-electron chi connectivity index (χ1n) is 7.83. The van der Waals surface area contributed by atoms with Gasteiger partial charge in [-0.25, -0.2) is 4.98 Å². The fourth-order valence-corrected chi connectivity index (χ4v) is 2.41. The minimum atomic E-state index is -0.846.